The van der Waals surface area contributed by atoms with Gasteiger partial charge < -0.3 is 9.64 Å². The fourth-order valence-electron chi connectivity index (χ4n) is 1.77. The number of esters is 1. The summed E-state index contributed by atoms with van der Waals surface area (Å²) in [6.45, 7) is 3.55. The summed E-state index contributed by atoms with van der Waals surface area (Å²) in [7, 11) is 3.22. The Morgan fingerprint density at radius 1 is 1.38 bits per heavy atom. The zero-order valence-corrected chi connectivity index (χ0v) is 13.2. The molecule has 0 fully saturated rings. The molecule has 7 heteroatoms. The third-order valence-corrected chi connectivity index (χ3v) is 3.90. The van der Waals surface area contributed by atoms with Crippen LogP contribution < -0.4 is 0 Å². The lowest BCUT2D eigenvalue weighted by molar-refractivity contribution is -0.137. The van der Waals surface area contributed by atoms with E-state index in [9.17, 15) is 9.59 Å². The van der Waals surface area contributed by atoms with Crippen molar-refractivity contribution in [3.05, 3.63) is 28.8 Å². The van der Waals surface area contributed by atoms with Gasteiger partial charge in [-0.15, -0.1) is 11.3 Å². The van der Waals surface area contributed by atoms with Crippen LogP contribution in [-0.4, -0.2) is 47.2 Å². The van der Waals surface area contributed by atoms with Gasteiger partial charge in [0.25, 0.3) is 5.91 Å². The number of ether oxygens (including phenoxy) is 1. The van der Waals surface area contributed by atoms with Gasteiger partial charge in [0.2, 0.25) is 0 Å². The first-order chi connectivity index (χ1) is 9.88. The number of aromatic nitrogens is 2. The fraction of sp³-hybridized carbons (Fsp3) is 0.357. The summed E-state index contributed by atoms with van der Waals surface area (Å²) >= 11 is 1.60. The fourth-order valence-corrected chi connectivity index (χ4v) is 2.60. The van der Waals surface area contributed by atoms with Crippen molar-refractivity contribution in [3.8, 4) is 10.6 Å². The van der Waals surface area contributed by atoms with Crippen molar-refractivity contribution in [2.75, 3.05) is 14.1 Å². The zero-order valence-electron chi connectivity index (χ0n) is 12.3. The standard InChI is InChI=1S/C14H17N3O3S/c1-8-5-6-12(21-8)10-7-11(16-15-10)14(19)20-9(2)13(18)17(3)4/h5-7,9H,1-4H3,(H,15,16)/t9-/m0/s1. The average Bonchev–Trinajstić information content (AvgIpc) is 3.05. The molecular formula is C14H17N3O3S. The van der Waals surface area contributed by atoms with E-state index in [0.29, 0.717) is 0 Å². The molecule has 0 radical (unpaired) electrons. The molecule has 0 aromatic carbocycles. The van der Waals surface area contributed by atoms with Crippen LogP contribution in [0.15, 0.2) is 18.2 Å². The summed E-state index contributed by atoms with van der Waals surface area (Å²) < 4.78 is 5.10. The van der Waals surface area contributed by atoms with E-state index < -0.39 is 12.1 Å². The summed E-state index contributed by atoms with van der Waals surface area (Å²) in [5.74, 6) is -0.888. The van der Waals surface area contributed by atoms with Crippen LogP contribution in [0, 0.1) is 6.92 Å². The molecule has 1 N–H and O–H groups in total. The van der Waals surface area contributed by atoms with Crippen molar-refractivity contribution in [1.29, 1.82) is 0 Å². The Labute approximate surface area is 126 Å². The predicted molar refractivity (Wildman–Crippen MR) is 80.2 cm³/mol. The summed E-state index contributed by atoms with van der Waals surface area (Å²) in [5.41, 5.74) is 0.918. The molecule has 21 heavy (non-hydrogen) atoms. The number of hydrogen-bond acceptors (Lipinski definition) is 5. The van der Waals surface area contributed by atoms with Crippen LogP contribution >= 0.6 is 11.3 Å². The number of carbonyl (C=O) groups is 2. The van der Waals surface area contributed by atoms with E-state index in [0.717, 1.165) is 10.6 Å². The van der Waals surface area contributed by atoms with Gasteiger partial charge in [0, 0.05) is 19.0 Å². The van der Waals surface area contributed by atoms with Crippen molar-refractivity contribution in [3.63, 3.8) is 0 Å². The number of amides is 1. The van der Waals surface area contributed by atoms with E-state index in [4.69, 9.17) is 4.74 Å². The Bertz CT molecular complexity index is 660. The number of thiophene rings is 1. The number of aromatic amines is 1. The highest BCUT2D eigenvalue weighted by molar-refractivity contribution is 7.15. The summed E-state index contributed by atoms with van der Waals surface area (Å²) in [6, 6.07) is 5.58. The van der Waals surface area contributed by atoms with E-state index in [1.807, 2.05) is 19.1 Å². The quantitative estimate of drug-likeness (QED) is 0.878. The van der Waals surface area contributed by atoms with Crippen molar-refractivity contribution in [2.45, 2.75) is 20.0 Å². The molecule has 2 aromatic rings. The van der Waals surface area contributed by atoms with Gasteiger partial charge in [-0.2, -0.15) is 5.10 Å². The molecule has 2 rings (SSSR count). The maximum atomic E-state index is 12.0. The highest BCUT2D eigenvalue weighted by Gasteiger charge is 2.22. The monoisotopic (exact) mass is 307 g/mol. The average molecular weight is 307 g/mol. The normalized spacial score (nSPS) is 12.0. The summed E-state index contributed by atoms with van der Waals surface area (Å²) in [5, 5.41) is 6.75. The Balaban J connectivity index is 2.07. The Kier molecular flexibility index (Phi) is 4.42. The molecule has 6 nitrogen and oxygen atoms in total. The zero-order chi connectivity index (χ0) is 15.6. The minimum absolute atomic E-state index is 0.162. The Hall–Kier alpha value is -2.15. The molecular weight excluding hydrogens is 290 g/mol. The number of nitrogens with one attached hydrogen (secondary N) is 1. The molecule has 112 valence electrons. The summed E-state index contributed by atoms with van der Waals surface area (Å²) in [4.78, 5) is 27.2. The number of aryl methyl sites for hydroxylation is 1. The topological polar surface area (TPSA) is 75.3 Å². The number of H-pyrrole nitrogens is 1. The largest absolute Gasteiger partial charge is 0.448 e. The maximum absolute atomic E-state index is 12.0. The number of nitrogens with zero attached hydrogens (tertiary/aromatic N) is 2. The molecule has 0 bridgehead atoms. The van der Waals surface area contributed by atoms with Gasteiger partial charge in [-0.25, -0.2) is 4.79 Å². The SMILES string of the molecule is Cc1ccc(-c2cc(C(=O)O[C@@H](C)C(=O)N(C)C)n[nH]2)s1. The van der Waals surface area contributed by atoms with E-state index in [-0.39, 0.29) is 11.6 Å². The molecule has 2 heterocycles. The van der Waals surface area contributed by atoms with Gasteiger partial charge >= 0.3 is 5.97 Å². The minimum atomic E-state index is -0.836. The molecule has 1 atom stereocenters. The second-order valence-corrected chi connectivity index (χ2v) is 6.15. The second-order valence-electron chi connectivity index (χ2n) is 4.86. The van der Waals surface area contributed by atoms with E-state index in [1.165, 1.54) is 16.7 Å². The van der Waals surface area contributed by atoms with Crippen molar-refractivity contribution >= 4 is 23.2 Å². The Morgan fingerprint density at radius 2 is 2.10 bits per heavy atom. The van der Waals surface area contributed by atoms with E-state index in [1.54, 1.807) is 31.5 Å². The summed E-state index contributed by atoms with van der Waals surface area (Å²) in [6.07, 6.45) is -0.836. The third-order valence-electron chi connectivity index (χ3n) is 2.87. The Morgan fingerprint density at radius 3 is 2.67 bits per heavy atom. The first kappa shape index (κ1) is 15.2. The van der Waals surface area contributed by atoms with Crippen molar-refractivity contribution in [2.24, 2.45) is 0 Å². The van der Waals surface area contributed by atoms with Crippen molar-refractivity contribution in [1.82, 2.24) is 15.1 Å². The maximum Gasteiger partial charge on any atom is 0.359 e. The molecule has 0 aliphatic carbocycles. The molecule has 2 aromatic heterocycles. The lowest BCUT2D eigenvalue weighted by atomic mass is 10.3. The molecule has 0 saturated heterocycles. The molecule has 0 aliphatic rings. The van der Waals surface area contributed by atoms with Crippen LogP contribution in [-0.2, 0) is 9.53 Å². The molecule has 1 amide bonds. The molecule has 0 aliphatic heterocycles. The van der Waals surface area contributed by atoms with Gasteiger partial charge in [-0.1, -0.05) is 0 Å². The van der Waals surface area contributed by atoms with E-state index >= 15 is 0 Å². The number of likely N-dealkylation sites (N-methyl/N-ethyl adjacent to an activating group) is 1. The molecule has 0 spiro atoms. The van der Waals surface area contributed by atoms with Crippen LogP contribution in [0.3, 0.4) is 0 Å². The first-order valence-electron chi connectivity index (χ1n) is 6.43. The van der Waals surface area contributed by atoms with Crippen LogP contribution in [0.4, 0.5) is 0 Å². The number of hydrogen-bond donors (Lipinski definition) is 1. The predicted octanol–water partition coefficient (Wildman–Crippen LogP) is 2.08. The number of carbonyl (C=O) groups excluding carboxylic acids is 2. The van der Waals surface area contributed by atoms with E-state index in [2.05, 4.69) is 10.2 Å². The second kappa shape index (κ2) is 6.09. The van der Waals surface area contributed by atoms with Gasteiger partial charge in [0.1, 0.15) is 0 Å². The lowest BCUT2D eigenvalue weighted by Crippen LogP contribution is -2.34. The third kappa shape index (κ3) is 3.49. The van der Waals surface area contributed by atoms with Crippen LogP contribution in [0.1, 0.15) is 22.3 Å². The van der Waals surface area contributed by atoms with Crippen LogP contribution in [0.2, 0.25) is 0 Å². The van der Waals surface area contributed by atoms with Gasteiger partial charge in [0.05, 0.1) is 10.6 Å². The van der Waals surface area contributed by atoms with Gasteiger partial charge in [0.15, 0.2) is 11.8 Å². The highest BCUT2D eigenvalue weighted by Crippen LogP contribution is 2.26. The van der Waals surface area contributed by atoms with Gasteiger partial charge in [-0.3, -0.25) is 9.89 Å². The highest BCUT2D eigenvalue weighted by atomic mass is 32.1. The first-order valence-corrected chi connectivity index (χ1v) is 7.24. The lowest BCUT2D eigenvalue weighted by Gasteiger charge is -2.16. The smallest absolute Gasteiger partial charge is 0.359 e. The van der Waals surface area contributed by atoms with Crippen molar-refractivity contribution < 1.29 is 14.3 Å². The van der Waals surface area contributed by atoms with Gasteiger partial charge in [-0.05, 0) is 32.0 Å². The number of rotatable bonds is 4. The minimum Gasteiger partial charge on any atom is -0.448 e. The molecule has 0 saturated carbocycles. The van der Waals surface area contributed by atoms with Crippen LogP contribution in [0.25, 0.3) is 10.6 Å². The molecule has 0 unspecified atom stereocenters. The van der Waals surface area contributed by atoms with Crippen LogP contribution in [0.5, 0.6) is 0 Å².